The van der Waals surface area contributed by atoms with Crippen LogP contribution in [0, 0.1) is 0 Å². The molecule has 0 aliphatic heterocycles. The van der Waals surface area contributed by atoms with Gasteiger partial charge in [0.2, 0.25) is 5.91 Å². The number of hydrogen-bond donors (Lipinski definition) is 1. The van der Waals surface area contributed by atoms with E-state index in [9.17, 15) is 4.79 Å². The summed E-state index contributed by atoms with van der Waals surface area (Å²) in [5, 5.41) is 2.98. The van der Waals surface area contributed by atoms with Gasteiger partial charge in [-0.05, 0) is 47.2 Å². The summed E-state index contributed by atoms with van der Waals surface area (Å²) >= 11 is 0. The molecule has 0 aliphatic rings. The summed E-state index contributed by atoms with van der Waals surface area (Å²) in [5.41, 5.74) is 5.74. The molecule has 0 saturated carbocycles. The van der Waals surface area contributed by atoms with E-state index < -0.39 is 0 Å². The van der Waals surface area contributed by atoms with Crippen molar-refractivity contribution in [3.8, 4) is 0 Å². The zero-order chi connectivity index (χ0) is 23.0. The molecule has 1 aromatic heterocycles. The summed E-state index contributed by atoms with van der Waals surface area (Å²) < 4.78 is 2.26. The Kier molecular flexibility index (Phi) is 7.36. The number of carbonyl (C=O) groups is 1. The van der Waals surface area contributed by atoms with Gasteiger partial charge in [0.25, 0.3) is 0 Å². The average Bonchev–Trinajstić information content (AvgIpc) is 3.20. The van der Waals surface area contributed by atoms with Crippen molar-refractivity contribution in [2.75, 3.05) is 6.54 Å². The van der Waals surface area contributed by atoms with E-state index in [1.807, 2.05) is 54.6 Å². The summed E-state index contributed by atoms with van der Waals surface area (Å²) in [6.45, 7) is 5.78. The van der Waals surface area contributed by atoms with Crippen molar-refractivity contribution in [2.45, 2.75) is 39.2 Å². The highest BCUT2D eigenvalue weighted by molar-refractivity contribution is 5.91. The van der Waals surface area contributed by atoms with Crippen LogP contribution in [-0.4, -0.2) is 22.0 Å². The van der Waals surface area contributed by atoms with Crippen LogP contribution in [0.15, 0.2) is 84.9 Å². The van der Waals surface area contributed by atoms with Gasteiger partial charge in [-0.3, -0.25) is 4.79 Å². The lowest BCUT2D eigenvalue weighted by Crippen LogP contribution is -2.24. The lowest BCUT2D eigenvalue weighted by atomic mass is 9.98. The van der Waals surface area contributed by atoms with Gasteiger partial charge in [0.05, 0.1) is 11.0 Å². The molecule has 1 N–H and O–H groups in total. The van der Waals surface area contributed by atoms with Crippen molar-refractivity contribution in [1.82, 2.24) is 14.9 Å². The summed E-state index contributed by atoms with van der Waals surface area (Å²) in [4.78, 5) is 17.1. The Morgan fingerprint density at radius 3 is 2.48 bits per heavy atom. The van der Waals surface area contributed by atoms with Gasteiger partial charge in [0.15, 0.2) is 0 Å². The monoisotopic (exact) mass is 437 g/mol. The minimum absolute atomic E-state index is 0.0952. The fourth-order valence-electron chi connectivity index (χ4n) is 3.96. The number of carbonyl (C=O) groups excluding carboxylic acids is 1. The van der Waals surface area contributed by atoms with E-state index in [2.05, 4.69) is 54.1 Å². The van der Waals surface area contributed by atoms with Crippen LogP contribution in [0.5, 0.6) is 0 Å². The quantitative estimate of drug-likeness (QED) is 0.328. The molecule has 4 rings (SSSR count). The summed E-state index contributed by atoms with van der Waals surface area (Å²) in [7, 11) is 0. The molecule has 1 amide bonds. The number of nitrogens with zero attached hydrogens (tertiary/aromatic N) is 2. The Bertz CT molecular complexity index is 1220. The maximum atomic E-state index is 12.2. The molecule has 4 heteroatoms. The van der Waals surface area contributed by atoms with Crippen LogP contribution in [-0.2, 0) is 17.8 Å². The van der Waals surface area contributed by atoms with E-state index in [1.165, 1.54) is 11.1 Å². The van der Waals surface area contributed by atoms with Gasteiger partial charge in [-0.1, -0.05) is 80.6 Å². The van der Waals surface area contributed by atoms with Crippen molar-refractivity contribution in [3.63, 3.8) is 0 Å². The molecule has 4 aromatic rings. The van der Waals surface area contributed by atoms with Crippen molar-refractivity contribution in [1.29, 1.82) is 0 Å². The molecule has 4 nitrogen and oxygen atoms in total. The molecule has 1 unspecified atom stereocenters. The molecule has 1 heterocycles. The zero-order valence-electron chi connectivity index (χ0n) is 19.4. The summed E-state index contributed by atoms with van der Waals surface area (Å²) in [6.07, 6.45) is 5.22. The zero-order valence-corrected chi connectivity index (χ0v) is 19.4. The fourth-order valence-corrected chi connectivity index (χ4v) is 3.96. The highest BCUT2D eigenvalue weighted by Crippen LogP contribution is 2.21. The third kappa shape index (κ3) is 5.78. The third-order valence-electron chi connectivity index (χ3n) is 6.11. The lowest BCUT2D eigenvalue weighted by Gasteiger charge is -2.12. The fraction of sp³-hybridized carbons (Fsp3) is 0.241. The second-order valence-electron chi connectivity index (χ2n) is 8.44. The van der Waals surface area contributed by atoms with Crippen LogP contribution in [0.25, 0.3) is 17.1 Å². The molecule has 168 valence electrons. The first kappa shape index (κ1) is 22.5. The minimum atomic E-state index is -0.0952. The Morgan fingerprint density at radius 1 is 1.00 bits per heavy atom. The predicted molar refractivity (Wildman–Crippen MR) is 136 cm³/mol. The molecule has 0 spiro atoms. The van der Waals surface area contributed by atoms with Gasteiger partial charge in [-0.25, -0.2) is 4.98 Å². The van der Waals surface area contributed by atoms with E-state index in [4.69, 9.17) is 4.98 Å². The SMILES string of the molecule is CCC(C)c1ccc(Cn2c(CCNC(=O)/C=C/c3ccccc3)nc3ccccc32)cc1. The van der Waals surface area contributed by atoms with Crippen molar-refractivity contribution in [3.05, 3.63) is 107 Å². The number of nitrogens with one attached hydrogen (secondary N) is 1. The minimum Gasteiger partial charge on any atom is -0.352 e. The van der Waals surface area contributed by atoms with E-state index >= 15 is 0 Å². The second kappa shape index (κ2) is 10.8. The number of para-hydroxylation sites is 2. The molecule has 3 aromatic carbocycles. The Balaban J connectivity index is 1.45. The molecule has 1 atom stereocenters. The first-order valence-corrected chi connectivity index (χ1v) is 11.7. The molecule has 0 radical (unpaired) electrons. The number of rotatable bonds is 9. The smallest absolute Gasteiger partial charge is 0.244 e. The van der Waals surface area contributed by atoms with Crippen LogP contribution in [0.3, 0.4) is 0 Å². The molecule has 0 bridgehead atoms. The van der Waals surface area contributed by atoms with Crippen LogP contribution >= 0.6 is 0 Å². The molecule has 0 saturated heterocycles. The number of imidazole rings is 1. The Hall–Kier alpha value is -3.66. The van der Waals surface area contributed by atoms with Crippen LogP contribution < -0.4 is 5.32 Å². The average molecular weight is 438 g/mol. The molecule has 0 fully saturated rings. The topological polar surface area (TPSA) is 46.9 Å². The third-order valence-corrected chi connectivity index (χ3v) is 6.11. The Morgan fingerprint density at radius 2 is 1.73 bits per heavy atom. The first-order chi connectivity index (χ1) is 16.1. The molecule has 33 heavy (non-hydrogen) atoms. The number of fused-ring (bicyclic) bond motifs is 1. The van der Waals surface area contributed by atoms with E-state index in [0.29, 0.717) is 18.9 Å². The van der Waals surface area contributed by atoms with Gasteiger partial charge in [-0.2, -0.15) is 0 Å². The number of benzene rings is 3. The highest BCUT2D eigenvalue weighted by atomic mass is 16.1. The van der Waals surface area contributed by atoms with Gasteiger partial charge in [-0.15, -0.1) is 0 Å². The van der Waals surface area contributed by atoms with Gasteiger partial charge >= 0.3 is 0 Å². The first-order valence-electron chi connectivity index (χ1n) is 11.7. The van der Waals surface area contributed by atoms with E-state index in [1.54, 1.807) is 6.08 Å². The normalized spacial score (nSPS) is 12.3. The maximum absolute atomic E-state index is 12.2. The van der Waals surface area contributed by atoms with Crippen LogP contribution in [0.1, 0.15) is 48.7 Å². The second-order valence-corrected chi connectivity index (χ2v) is 8.44. The highest BCUT2D eigenvalue weighted by Gasteiger charge is 2.12. The van der Waals surface area contributed by atoms with Gasteiger partial charge in [0, 0.05) is 25.6 Å². The van der Waals surface area contributed by atoms with Crippen molar-refractivity contribution in [2.24, 2.45) is 0 Å². The van der Waals surface area contributed by atoms with E-state index in [0.717, 1.165) is 35.4 Å². The van der Waals surface area contributed by atoms with Gasteiger partial charge in [0.1, 0.15) is 5.82 Å². The Labute approximate surface area is 196 Å². The summed E-state index contributed by atoms with van der Waals surface area (Å²) in [6, 6.07) is 27.0. The van der Waals surface area contributed by atoms with Crippen molar-refractivity contribution < 1.29 is 4.79 Å². The van der Waals surface area contributed by atoms with Crippen LogP contribution in [0.4, 0.5) is 0 Å². The van der Waals surface area contributed by atoms with Gasteiger partial charge < -0.3 is 9.88 Å². The predicted octanol–water partition coefficient (Wildman–Crippen LogP) is 5.97. The largest absolute Gasteiger partial charge is 0.352 e. The number of amides is 1. The maximum Gasteiger partial charge on any atom is 0.244 e. The number of aromatic nitrogens is 2. The standard InChI is InChI=1S/C29H31N3O/c1-3-22(2)25-16-13-24(14-17-25)21-32-27-12-8-7-11-26(27)31-28(32)19-20-30-29(33)18-15-23-9-5-4-6-10-23/h4-18,22H,3,19-21H2,1-2H3,(H,30,33)/b18-15+. The van der Waals surface area contributed by atoms with Crippen LogP contribution in [0.2, 0.25) is 0 Å². The molecular weight excluding hydrogens is 406 g/mol. The molecular formula is C29H31N3O. The summed E-state index contributed by atoms with van der Waals surface area (Å²) in [5.74, 6) is 1.46. The number of hydrogen-bond acceptors (Lipinski definition) is 2. The van der Waals surface area contributed by atoms with Crippen molar-refractivity contribution >= 4 is 23.0 Å². The van der Waals surface area contributed by atoms with E-state index in [-0.39, 0.29) is 5.91 Å². The lowest BCUT2D eigenvalue weighted by molar-refractivity contribution is -0.116. The molecule has 0 aliphatic carbocycles.